The van der Waals surface area contributed by atoms with E-state index in [0.29, 0.717) is 13.0 Å². The Morgan fingerprint density at radius 2 is 2.18 bits per heavy atom. The average molecular weight is 312 g/mol. The van der Waals surface area contributed by atoms with Gasteiger partial charge in [0, 0.05) is 25.7 Å². The number of likely N-dealkylation sites (tertiary alicyclic amines) is 1. The summed E-state index contributed by atoms with van der Waals surface area (Å²) in [5.74, 6) is -0.950. The average Bonchev–Trinajstić information content (AvgIpc) is 2.51. The number of hydrogen-bond acceptors (Lipinski definition) is 2. The van der Waals surface area contributed by atoms with Crippen LogP contribution < -0.4 is 5.32 Å². The molecule has 2 rings (SSSR count). The van der Waals surface area contributed by atoms with Crippen LogP contribution in [-0.4, -0.2) is 41.8 Å². The molecule has 0 bridgehead atoms. The van der Waals surface area contributed by atoms with Crippen molar-refractivity contribution in [2.75, 3.05) is 19.7 Å². The Hall–Kier alpha value is -1.69. The molecule has 1 aromatic carbocycles. The molecule has 1 aliphatic rings. The molecule has 0 aliphatic carbocycles. The molecule has 0 aromatic heterocycles. The van der Waals surface area contributed by atoms with Crippen molar-refractivity contribution in [1.29, 1.82) is 0 Å². The van der Waals surface area contributed by atoms with Gasteiger partial charge in [-0.2, -0.15) is 0 Å². The lowest BCUT2D eigenvalue weighted by Crippen LogP contribution is -2.49. The Labute approximate surface area is 129 Å². The predicted molar refractivity (Wildman–Crippen MR) is 79.5 cm³/mol. The maximum absolute atomic E-state index is 13.5. The van der Waals surface area contributed by atoms with Crippen molar-refractivity contribution in [3.05, 3.63) is 35.4 Å². The lowest BCUT2D eigenvalue weighted by Gasteiger charge is -2.35. The molecule has 1 unspecified atom stereocenters. The van der Waals surface area contributed by atoms with E-state index in [9.17, 15) is 13.6 Å². The van der Waals surface area contributed by atoms with Gasteiger partial charge in [0.2, 0.25) is 0 Å². The standard InChI is InChI=1S/C16H22F2N2O2/c17-13-4-5-15(18)12(11-13)6-8-19-16(22)20-9-2-1-3-14(20)7-10-21/h4-5,11,14,21H,1-3,6-10H2,(H,19,22). The minimum Gasteiger partial charge on any atom is -0.396 e. The topological polar surface area (TPSA) is 52.6 Å². The molecule has 2 N–H and O–H groups in total. The number of rotatable bonds is 5. The van der Waals surface area contributed by atoms with Gasteiger partial charge in [-0.25, -0.2) is 13.6 Å². The van der Waals surface area contributed by atoms with Gasteiger partial charge in [0.1, 0.15) is 11.6 Å². The van der Waals surface area contributed by atoms with Crippen LogP contribution in [0.3, 0.4) is 0 Å². The molecule has 0 saturated carbocycles. The number of carbonyl (C=O) groups excluding carboxylic acids is 1. The van der Waals surface area contributed by atoms with Crippen molar-refractivity contribution in [2.45, 2.75) is 38.1 Å². The Morgan fingerprint density at radius 1 is 1.36 bits per heavy atom. The van der Waals surface area contributed by atoms with E-state index < -0.39 is 11.6 Å². The lowest BCUT2D eigenvalue weighted by atomic mass is 10.0. The normalized spacial score (nSPS) is 18.3. The molecular formula is C16H22F2N2O2. The summed E-state index contributed by atoms with van der Waals surface area (Å²) in [5, 5.41) is 11.8. The molecule has 1 atom stereocenters. The van der Waals surface area contributed by atoms with Crippen LogP contribution in [0.4, 0.5) is 13.6 Å². The molecule has 122 valence electrons. The van der Waals surface area contributed by atoms with E-state index in [1.54, 1.807) is 4.90 Å². The number of aliphatic hydroxyl groups is 1. The highest BCUT2D eigenvalue weighted by Crippen LogP contribution is 2.19. The van der Waals surface area contributed by atoms with Gasteiger partial charge in [0.05, 0.1) is 0 Å². The zero-order valence-electron chi connectivity index (χ0n) is 12.5. The minimum atomic E-state index is -0.484. The van der Waals surface area contributed by atoms with Gasteiger partial charge in [-0.1, -0.05) is 0 Å². The molecule has 4 nitrogen and oxygen atoms in total. The second-order valence-corrected chi connectivity index (χ2v) is 5.57. The number of halogens is 2. The number of nitrogens with one attached hydrogen (secondary N) is 1. The predicted octanol–water partition coefficient (Wildman–Crippen LogP) is 2.45. The highest BCUT2D eigenvalue weighted by molar-refractivity contribution is 5.74. The van der Waals surface area contributed by atoms with Crippen LogP contribution in [-0.2, 0) is 6.42 Å². The molecular weight excluding hydrogens is 290 g/mol. The van der Waals surface area contributed by atoms with Crippen LogP contribution in [0.5, 0.6) is 0 Å². The summed E-state index contributed by atoms with van der Waals surface area (Å²) in [6.45, 7) is 0.981. The number of hydrogen-bond donors (Lipinski definition) is 2. The summed E-state index contributed by atoms with van der Waals surface area (Å²) < 4.78 is 26.6. The van der Waals surface area contributed by atoms with Crippen LogP contribution in [0.1, 0.15) is 31.2 Å². The van der Waals surface area contributed by atoms with E-state index in [1.807, 2.05) is 0 Å². The summed E-state index contributed by atoms with van der Waals surface area (Å²) in [4.78, 5) is 13.9. The highest BCUT2D eigenvalue weighted by atomic mass is 19.1. The molecule has 6 heteroatoms. The summed E-state index contributed by atoms with van der Waals surface area (Å²) in [6.07, 6.45) is 3.73. The van der Waals surface area contributed by atoms with Gasteiger partial charge in [0.15, 0.2) is 0 Å². The van der Waals surface area contributed by atoms with Crippen LogP contribution in [0.25, 0.3) is 0 Å². The Bertz CT molecular complexity index is 509. The molecule has 22 heavy (non-hydrogen) atoms. The van der Waals surface area contributed by atoms with Gasteiger partial charge < -0.3 is 15.3 Å². The first-order valence-corrected chi connectivity index (χ1v) is 7.71. The Kier molecular flexibility index (Phi) is 6.12. The molecule has 2 amide bonds. The SMILES string of the molecule is O=C(NCCc1cc(F)ccc1F)N1CCCCC1CCO. The van der Waals surface area contributed by atoms with E-state index in [4.69, 9.17) is 5.11 Å². The quantitative estimate of drug-likeness (QED) is 0.877. The van der Waals surface area contributed by atoms with E-state index in [2.05, 4.69) is 5.32 Å². The molecule has 0 spiro atoms. The molecule has 0 radical (unpaired) electrons. The van der Waals surface area contributed by atoms with Crippen molar-refractivity contribution in [3.8, 4) is 0 Å². The minimum absolute atomic E-state index is 0.0585. The summed E-state index contributed by atoms with van der Waals surface area (Å²) in [5.41, 5.74) is 0.255. The first-order valence-electron chi connectivity index (χ1n) is 7.71. The molecule has 1 aromatic rings. The highest BCUT2D eigenvalue weighted by Gasteiger charge is 2.25. The maximum atomic E-state index is 13.5. The van der Waals surface area contributed by atoms with Gasteiger partial charge in [0.25, 0.3) is 0 Å². The summed E-state index contributed by atoms with van der Waals surface area (Å²) >= 11 is 0. The fourth-order valence-electron chi connectivity index (χ4n) is 2.86. The van der Waals surface area contributed by atoms with Crippen LogP contribution in [0.15, 0.2) is 18.2 Å². The second-order valence-electron chi connectivity index (χ2n) is 5.57. The number of piperidine rings is 1. The number of benzene rings is 1. The lowest BCUT2D eigenvalue weighted by molar-refractivity contribution is 0.132. The maximum Gasteiger partial charge on any atom is 0.317 e. The van der Waals surface area contributed by atoms with Crippen molar-refractivity contribution < 1.29 is 18.7 Å². The van der Waals surface area contributed by atoms with Crippen molar-refractivity contribution in [2.24, 2.45) is 0 Å². The monoisotopic (exact) mass is 312 g/mol. The van der Waals surface area contributed by atoms with Crippen LogP contribution >= 0.6 is 0 Å². The van der Waals surface area contributed by atoms with E-state index >= 15 is 0 Å². The largest absolute Gasteiger partial charge is 0.396 e. The third-order valence-electron chi connectivity index (χ3n) is 4.03. The van der Waals surface area contributed by atoms with Gasteiger partial charge in [-0.3, -0.25) is 0 Å². The molecule has 1 saturated heterocycles. The van der Waals surface area contributed by atoms with Crippen LogP contribution in [0.2, 0.25) is 0 Å². The van der Waals surface area contributed by atoms with E-state index in [0.717, 1.165) is 37.5 Å². The van der Waals surface area contributed by atoms with Gasteiger partial charge in [-0.15, -0.1) is 0 Å². The molecule has 1 heterocycles. The number of aliphatic hydroxyl groups excluding tert-OH is 1. The number of amides is 2. The summed E-state index contributed by atoms with van der Waals surface area (Å²) in [7, 11) is 0. The van der Waals surface area contributed by atoms with Gasteiger partial charge >= 0.3 is 6.03 Å². The zero-order valence-corrected chi connectivity index (χ0v) is 12.5. The third-order valence-corrected chi connectivity index (χ3v) is 4.03. The van der Waals surface area contributed by atoms with Gasteiger partial charge in [-0.05, 0) is 55.9 Å². The number of carbonyl (C=O) groups is 1. The van der Waals surface area contributed by atoms with Crippen molar-refractivity contribution in [3.63, 3.8) is 0 Å². The van der Waals surface area contributed by atoms with Crippen molar-refractivity contribution >= 4 is 6.03 Å². The first-order chi connectivity index (χ1) is 10.6. The van der Waals surface area contributed by atoms with Crippen LogP contribution in [0, 0.1) is 11.6 Å². The number of nitrogens with zero attached hydrogens (tertiary/aromatic N) is 1. The van der Waals surface area contributed by atoms with E-state index in [1.165, 1.54) is 0 Å². The fraction of sp³-hybridized carbons (Fsp3) is 0.562. The number of urea groups is 1. The smallest absolute Gasteiger partial charge is 0.317 e. The summed E-state index contributed by atoms with van der Waals surface area (Å²) in [6, 6.07) is 3.18. The molecule has 1 aliphatic heterocycles. The Morgan fingerprint density at radius 3 is 2.95 bits per heavy atom. The first kappa shape index (κ1) is 16.7. The zero-order chi connectivity index (χ0) is 15.9. The van der Waals surface area contributed by atoms with E-state index in [-0.39, 0.29) is 37.2 Å². The second kappa shape index (κ2) is 8.08. The Balaban J connectivity index is 1.85. The van der Waals surface area contributed by atoms with Crippen molar-refractivity contribution in [1.82, 2.24) is 10.2 Å². The third kappa shape index (κ3) is 4.40. The molecule has 1 fully saturated rings. The fourth-order valence-corrected chi connectivity index (χ4v) is 2.86.